The summed E-state index contributed by atoms with van der Waals surface area (Å²) in [6, 6.07) is 12.8. The summed E-state index contributed by atoms with van der Waals surface area (Å²) in [5, 5.41) is 4.04. The molecule has 0 spiro atoms. The fourth-order valence-electron chi connectivity index (χ4n) is 5.41. The lowest BCUT2D eigenvalue weighted by atomic mass is 9.96. The number of hydrogen-bond donors (Lipinski definition) is 1. The SMILES string of the molecule is COc1nc2c(C)cc(C)nc2n1-c1c(C)cc2c(c1C)CCc1ccccc1N2c1noc(=O)[nH]1. The summed E-state index contributed by atoms with van der Waals surface area (Å²) in [5.74, 6) is -0.245. The molecule has 5 aromatic rings. The van der Waals surface area contributed by atoms with Crippen LogP contribution in [0.15, 0.2) is 45.7 Å². The lowest BCUT2D eigenvalue weighted by molar-refractivity contribution is 0.375. The number of aryl methyl sites for hydroxylation is 4. The number of aromatic nitrogens is 5. The summed E-state index contributed by atoms with van der Waals surface area (Å²) in [6.07, 6.45) is 1.65. The van der Waals surface area contributed by atoms with Crippen molar-refractivity contribution in [1.29, 1.82) is 0 Å². The predicted octanol–water partition coefficient (Wildman–Crippen LogP) is 4.91. The molecule has 0 saturated carbocycles. The molecule has 0 radical (unpaired) electrons. The number of nitrogens with one attached hydrogen (secondary N) is 1. The van der Waals surface area contributed by atoms with Gasteiger partial charge in [0.2, 0.25) is 0 Å². The number of benzene rings is 2. The van der Waals surface area contributed by atoms with E-state index in [0.29, 0.717) is 12.0 Å². The highest BCUT2D eigenvalue weighted by atomic mass is 16.5. The molecule has 9 heteroatoms. The fourth-order valence-corrected chi connectivity index (χ4v) is 5.41. The molecule has 1 aliphatic heterocycles. The van der Waals surface area contributed by atoms with E-state index in [1.54, 1.807) is 7.11 Å². The van der Waals surface area contributed by atoms with Crippen LogP contribution in [0.25, 0.3) is 16.9 Å². The Morgan fingerprint density at radius 2 is 1.81 bits per heavy atom. The number of pyridine rings is 1. The number of ether oxygens (including phenoxy) is 1. The summed E-state index contributed by atoms with van der Waals surface area (Å²) in [6.45, 7) is 8.21. The first kappa shape index (κ1) is 22.1. The summed E-state index contributed by atoms with van der Waals surface area (Å²) in [5.41, 5.74) is 10.9. The Hall–Kier alpha value is -4.40. The number of nitrogens with zero attached hydrogens (tertiary/aromatic N) is 5. The van der Waals surface area contributed by atoms with Gasteiger partial charge in [0.05, 0.1) is 24.2 Å². The van der Waals surface area contributed by atoms with E-state index < -0.39 is 5.76 Å². The largest absolute Gasteiger partial charge is 0.468 e. The molecule has 6 rings (SSSR count). The van der Waals surface area contributed by atoms with Gasteiger partial charge < -0.3 is 4.74 Å². The van der Waals surface area contributed by atoms with Gasteiger partial charge in [0.25, 0.3) is 5.95 Å². The van der Waals surface area contributed by atoms with Gasteiger partial charge >= 0.3 is 11.8 Å². The van der Waals surface area contributed by atoms with Gasteiger partial charge in [-0.3, -0.25) is 14.4 Å². The van der Waals surface area contributed by atoms with Gasteiger partial charge in [-0.25, -0.2) is 14.3 Å². The van der Waals surface area contributed by atoms with Crippen molar-refractivity contribution in [2.45, 2.75) is 40.5 Å². The zero-order valence-corrected chi connectivity index (χ0v) is 20.8. The van der Waals surface area contributed by atoms with Crippen LogP contribution < -0.4 is 15.4 Å². The molecule has 0 bridgehead atoms. The molecular weight excluding hydrogens is 456 g/mol. The number of methoxy groups -OCH3 is 1. The number of rotatable bonds is 3. The quantitative estimate of drug-likeness (QED) is 0.390. The van der Waals surface area contributed by atoms with E-state index in [1.807, 2.05) is 47.6 Å². The van der Waals surface area contributed by atoms with Crippen molar-refractivity contribution in [1.82, 2.24) is 24.7 Å². The van der Waals surface area contributed by atoms with E-state index in [4.69, 9.17) is 19.2 Å². The number of H-pyrrole nitrogens is 1. The Bertz CT molecular complexity index is 1710. The Balaban J connectivity index is 1.66. The normalized spacial score (nSPS) is 13.0. The highest BCUT2D eigenvalue weighted by Gasteiger charge is 2.29. The first-order valence-electron chi connectivity index (χ1n) is 11.9. The first-order chi connectivity index (χ1) is 17.4. The zero-order valence-electron chi connectivity index (χ0n) is 20.8. The number of aromatic amines is 1. The second kappa shape index (κ2) is 8.08. The average molecular weight is 483 g/mol. The van der Waals surface area contributed by atoms with E-state index in [-0.39, 0.29) is 0 Å². The Morgan fingerprint density at radius 1 is 1.00 bits per heavy atom. The van der Waals surface area contributed by atoms with Crippen molar-refractivity contribution < 1.29 is 9.26 Å². The van der Waals surface area contributed by atoms with Crippen molar-refractivity contribution in [3.63, 3.8) is 0 Å². The van der Waals surface area contributed by atoms with E-state index in [1.165, 1.54) is 0 Å². The second-order valence-electron chi connectivity index (χ2n) is 9.23. The van der Waals surface area contributed by atoms with Gasteiger partial charge in [-0.15, -0.1) is 0 Å². The minimum absolute atomic E-state index is 0.348. The molecule has 0 fully saturated rings. The van der Waals surface area contributed by atoms with Crippen LogP contribution >= 0.6 is 0 Å². The van der Waals surface area contributed by atoms with Gasteiger partial charge in [-0.1, -0.05) is 18.2 Å². The molecule has 9 nitrogen and oxygen atoms in total. The van der Waals surface area contributed by atoms with Crippen LogP contribution in [0, 0.1) is 27.7 Å². The third-order valence-electron chi connectivity index (χ3n) is 6.91. The van der Waals surface area contributed by atoms with E-state index in [2.05, 4.69) is 36.1 Å². The van der Waals surface area contributed by atoms with E-state index in [0.717, 1.165) is 74.6 Å². The monoisotopic (exact) mass is 482 g/mol. The molecule has 36 heavy (non-hydrogen) atoms. The molecule has 2 aromatic carbocycles. The molecule has 0 atom stereocenters. The molecule has 0 unspecified atom stereocenters. The van der Waals surface area contributed by atoms with Gasteiger partial charge in [-0.05, 0) is 91.7 Å². The van der Waals surface area contributed by atoms with E-state index >= 15 is 0 Å². The van der Waals surface area contributed by atoms with Crippen LogP contribution in [0.1, 0.15) is 33.5 Å². The summed E-state index contributed by atoms with van der Waals surface area (Å²) in [7, 11) is 1.63. The molecule has 0 amide bonds. The molecule has 4 heterocycles. The van der Waals surface area contributed by atoms with Crippen LogP contribution in [-0.2, 0) is 12.8 Å². The molecule has 1 aliphatic rings. The third kappa shape index (κ3) is 3.23. The standard InChI is InChI=1S/C27H26N6O3/c1-14-12-16(3)28-24-22(14)29-26(35-5)33(24)23-15(2)13-21-19(17(23)4)11-10-18-8-6-7-9-20(18)32(21)25-30-27(34)36-31-25/h6-9,12-13H,10-11H2,1-5H3,(H,30,31,34). The smallest absolute Gasteiger partial charge is 0.440 e. The number of para-hydroxylation sites is 1. The minimum atomic E-state index is -0.593. The number of anilines is 3. The van der Waals surface area contributed by atoms with Gasteiger partial charge in [-0.2, -0.15) is 4.98 Å². The first-order valence-corrected chi connectivity index (χ1v) is 11.9. The lowest BCUT2D eigenvalue weighted by Crippen LogP contribution is -2.16. The molecule has 0 aliphatic carbocycles. The van der Waals surface area contributed by atoms with Crippen molar-refractivity contribution in [2.75, 3.05) is 12.0 Å². The fraction of sp³-hybridized carbons (Fsp3) is 0.259. The van der Waals surface area contributed by atoms with Gasteiger partial charge in [0.15, 0.2) is 5.65 Å². The van der Waals surface area contributed by atoms with Crippen molar-refractivity contribution >= 4 is 28.5 Å². The number of fused-ring (bicyclic) bond motifs is 3. The lowest BCUT2D eigenvalue weighted by Gasteiger charge is -2.26. The van der Waals surface area contributed by atoms with Gasteiger partial charge in [0, 0.05) is 5.69 Å². The molecule has 1 N–H and O–H groups in total. The predicted molar refractivity (Wildman–Crippen MR) is 137 cm³/mol. The number of imidazole rings is 1. The maximum atomic E-state index is 11.9. The maximum Gasteiger partial charge on any atom is 0.440 e. The topological polar surface area (TPSA) is 102 Å². The molecule has 182 valence electrons. The summed E-state index contributed by atoms with van der Waals surface area (Å²) in [4.78, 5) is 26.2. The highest BCUT2D eigenvalue weighted by molar-refractivity contribution is 5.84. The Morgan fingerprint density at radius 3 is 2.56 bits per heavy atom. The van der Waals surface area contributed by atoms with Crippen molar-refractivity contribution in [2.24, 2.45) is 0 Å². The Kier molecular flexibility index (Phi) is 4.96. The van der Waals surface area contributed by atoms with Crippen molar-refractivity contribution in [3.05, 3.63) is 80.5 Å². The summed E-state index contributed by atoms with van der Waals surface area (Å²) >= 11 is 0. The second-order valence-corrected chi connectivity index (χ2v) is 9.23. The maximum absolute atomic E-state index is 11.9. The Labute approximate surface area is 207 Å². The molecule has 3 aromatic heterocycles. The van der Waals surface area contributed by atoms with Crippen molar-refractivity contribution in [3.8, 4) is 11.7 Å². The van der Waals surface area contributed by atoms with Crippen LogP contribution in [0.4, 0.5) is 17.3 Å². The minimum Gasteiger partial charge on any atom is -0.468 e. The highest BCUT2D eigenvalue weighted by Crippen LogP contribution is 2.44. The van der Waals surface area contributed by atoms with Crippen LogP contribution in [-0.4, -0.2) is 31.8 Å². The zero-order chi connectivity index (χ0) is 25.1. The summed E-state index contributed by atoms with van der Waals surface area (Å²) < 4.78 is 12.6. The molecule has 0 saturated heterocycles. The average Bonchev–Trinajstić information content (AvgIpc) is 3.38. The number of hydrogen-bond acceptors (Lipinski definition) is 7. The van der Waals surface area contributed by atoms with Crippen LogP contribution in [0.3, 0.4) is 0 Å². The third-order valence-corrected chi connectivity index (χ3v) is 6.91. The van der Waals surface area contributed by atoms with Crippen LogP contribution in [0.5, 0.6) is 6.01 Å². The molecular formula is C27H26N6O3. The van der Waals surface area contributed by atoms with E-state index in [9.17, 15) is 4.79 Å². The van der Waals surface area contributed by atoms with Gasteiger partial charge in [0.1, 0.15) is 5.52 Å². The van der Waals surface area contributed by atoms with Crippen LogP contribution in [0.2, 0.25) is 0 Å².